The Balaban J connectivity index is 2.19. The zero-order chi connectivity index (χ0) is 11.5. The summed E-state index contributed by atoms with van der Waals surface area (Å²) < 4.78 is 0. The average Bonchev–Trinajstić information content (AvgIpc) is 2.29. The maximum Gasteiger partial charge on any atom is 0.128 e. The number of hydrogen-bond donors (Lipinski definition) is 0. The summed E-state index contributed by atoms with van der Waals surface area (Å²) in [5.74, 6) is 2.12. The molecule has 2 heterocycles. The van der Waals surface area contributed by atoms with Gasteiger partial charge in [0, 0.05) is 13.1 Å². The number of nitrogens with zero attached hydrogens (tertiary/aromatic N) is 2. The fourth-order valence-electron chi connectivity index (χ4n) is 2.14. The van der Waals surface area contributed by atoms with Gasteiger partial charge >= 0.3 is 0 Å². The van der Waals surface area contributed by atoms with Gasteiger partial charge in [0.2, 0.25) is 0 Å². The molecule has 2 rings (SSSR count). The highest BCUT2D eigenvalue weighted by atomic mass is 35.5. The zero-order valence-electron chi connectivity index (χ0n) is 9.42. The van der Waals surface area contributed by atoms with Crippen molar-refractivity contribution in [2.45, 2.75) is 25.6 Å². The van der Waals surface area contributed by atoms with E-state index in [0.29, 0.717) is 10.9 Å². The van der Waals surface area contributed by atoms with Gasteiger partial charge < -0.3 is 4.90 Å². The Bertz CT molecular complexity index is 368. The molecule has 0 saturated carbocycles. The van der Waals surface area contributed by atoms with E-state index in [1.807, 2.05) is 12.1 Å². The molecule has 1 aromatic heterocycles. The molecule has 0 bridgehead atoms. The molecule has 0 aliphatic carbocycles. The van der Waals surface area contributed by atoms with E-state index in [2.05, 4.69) is 16.8 Å². The molecule has 1 aromatic rings. The molecule has 0 radical (unpaired) electrons. The largest absolute Gasteiger partial charge is 0.356 e. The van der Waals surface area contributed by atoms with Gasteiger partial charge in [-0.05, 0) is 30.9 Å². The van der Waals surface area contributed by atoms with E-state index in [0.717, 1.165) is 30.5 Å². The topological polar surface area (TPSA) is 16.1 Å². The van der Waals surface area contributed by atoms with Crippen molar-refractivity contribution in [3.63, 3.8) is 0 Å². The van der Waals surface area contributed by atoms with E-state index in [1.54, 1.807) is 0 Å². The van der Waals surface area contributed by atoms with Gasteiger partial charge in [0.1, 0.15) is 5.82 Å². The second kappa shape index (κ2) is 5.24. The van der Waals surface area contributed by atoms with Crippen LogP contribution in [0.1, 0.15) is 25.5 Å². The van der Waals surface area contributed by atoms with Gasteiger partial charge in [0.05, 0.1) is 16.6 Å². The Kier molecular flexibility index (Phi) is 3.93. The van der Waals surface area contributed by atoms with E-state index in [9.17, 15) is 0 Å². The van der Waals surface area contributed by atoms with Crippen LogP contribution in [0, 0.1) is 5.92 Å². The highest BCUT2D eigenvalue weighted by molar-refractivity contribution is 6.32. The van der Waals surface area contributed by atoms with Gasteiger partial charge in [-0.2, -0.15) is 0 Å². The number of halogens is 2. The first-order chi connectivity index (χ1) is 7.70. The van der Waals surface area contributed by atoms with Crippen molar-refractivity contribution in [3.8, 4) is 0 Å². The van der Waals surface area contributed by atoms with Crippen LogP contribution in [0.25, 0.3) is 0 Å². The molecule has 0 N–H and O–H groups in total. The van der Waals surface area contributed by atoms with Crippen molar-refractivity contribution in [3.05, 3.63) is 22.8 Å². The lowest BCUT2D eigenvalue weighted by Gasteiger charge is -2.32. The zero-order valence-corrected chi connectivity index (χ0v) is 10.9. The molecule has 0 spiro atoms. The molecule has 1 atom stereocenters. The highest BCUT2D eigenvalue weighted by Crippen LogP contribution is 2.24. The smallest absolute Gasteiger partial charge is 0.128 e. The summed E-state index contributed by atoms with van der Waals surface area (Å²) in [5, 5.41) is 0.656. The molecule has 16 heavy (non-hydrogen) atoms. The van der Waals surface area contributed by atoms with Gasteiger partial charge in [0.25, 0.3) is 0 Å². The van der Waals surface area contributed by atoms with E-state index >= 15 is 0 Å². The van der Waals surface area contributed by atoms with Gasteiger partial charge in [-0.25, -0.2) is 4.98 Å². The van der Waals surface area contributed by atoms with E-state index < -0.39 is 0 Å². The number of piperidine rings is 1. The van der Waals surface area contributed by atoms with Crippen LogP contribution in [-0.4, -0.2) is 18.1 Å². The summed E-state index contributed by atoms with van der Waals surface area (Å²) in [4.78, 5) is 6.83. The molecule has 88 valence electrons. The molecule has 1 fully saturated rings. The van der Waals surface area contributed by atoms with Crippen molar-refractivity contribution in [1.82, 2.24) is 4.98 Å². The number of hydrogen-bond acceptors (Lipinski definition) is 2. The van der Waals surface area contributed by atoms with E-state index in [1.165, 1.54) is 12.8 Å². The SMILES string of the molecule is CC1CCCN(c2ccc(Cl)c(CCl)n2)C1. The van der Waals surface area contributed by atoms with Crippen LogP contribution in [0.2, 0.25) is 5.02 Å². The number of anilines is 1. The molecule has 1 saturated heterocycles. The third-order valence-corrected chi connectivity index (χ3v) is 3.61. The minimum absolute atomic E-state index is 0.371. The molecule has 1 unspecified atom stereocenters. The molecular weight excluding hydrogens is 243 g/mol. The standard InChI is InChI=1S/C12H16Cl2N2/c1-9-3-2-6-16(8-9)12-5-4-10(14)11(7-13)15-12/h4-5,9H,2-3,6-8H2,1H3. The summed E-state index contributed by atoms with van der Waals surface area (Å²) in [6, 6.07) is 3.87. The van der Waals surface area contributed by atoms with Gasteiger partial charge in [-0.15, -0.1) is 11.6 Å². The first kappa shape index (κ1) is 12.0. The Labute approximate surface area is 107 Å². The lowest BCUT2D eigenvalue weighted by Crippen LogP contribution is -2.34. The lowest BCUT2D eigenvalue weighted by atomic mass is 10.0. The van der Waals surface area contributed by atoms with Crippen LogP contribution in [-0.2, 0) is 5.88 Å². The Morgan fingerprint density at radius 1 is 1.50 bits per heavy atom. The molecule has 4 heteroatoms. The molecule has 1 aliphatic rings. The summed E-state index contributed by atoms with van der Waals surface area (Å²) in [5.41, 5.74) is 0.777. The van der Waals surface area contributed by atoms with Crippen molar-refractivity contribution in [1.29, 1.82) is 0 Å². The highest BCUT2D eigenvalue weighted by Gasteiger charge is 2.18. The predicted molar refractivity (Wildman–Crippen MR) is 69.4 cm³/mol. The van der Waals surface area contributed by atoms with Gasteiger partial charge in [-0.1, -0.05) is 18.5 Å². The van der Waals surface area contributed by atoms with Gasteiger partial charge in [-0.3, -0.25) is 0 Å². The van der Waals surface area contributed by atoms with Crippen molar-refractivity contribution in [2.24, 2.45) is 5.92 Å². The fraction of sp³-hybridized carbons (Fsp3) is 0.583. The summed E-state index contributed by atoms with van der Waals surface area (Å²) >= 11 is 11.8. The minimum Gasteiger partial charge on any atom is -0.356 e. The molecule has 0 aromatic carbocycles. The van der Waals surface area contributed by atoms with E-state index in [4.69, 9.17) is 23.2 Å². The van der Waals surface area contributed by atoms with Crippen molar-refractivity contribution in [2.75, 3.05) is 18.0 Å². The average molecular weight is 259 g/mol. The molecule has 2 nitrogen and oxygen atoms in total. The number of rotatable bonds is 2. The van der Waals surface area contributed by atoms with Crippen LogP contribution in [0.15, 0.2) is 12.1 Å². The Hall–Kier alpha value is -0.470. The van der Waals surface area contributed by atoms with Crippen molar-refractivity contribution < 1.29 is 0 Å². The monoisotopic (exact) mass is 258 g/mol. The third kappa shape index (κ3) is 2.61. The first-order valence-corrected chi connectivity index (χ1v) is 6.58. The van der Waals surface area contributed by atoms with E-state index in [-0.39, 0.29) is 0 Å². The number of aromatic nitrogens is 1. The predicted octanol–water partition coefficient (Wildman–Crippen LogP) is 3.71. The van der Waals surface area contributed by atoms with Crippen LogP contribution in [0.3, 0.4) is 0 Å². The maximum atomic E-state index is 6.00. The molecule has 1 aliphatic heterocycles. The summed E-state index contributed by atoms with van der Waals surface area (Å²) in [6.45, 7) is 4.45. The van der Waals surface area contributed by atoms with Crippen LogP contribution >= 0.6 is 23.2 Å². The van der Waals surface area contributed by atoms with Crippen LogP contribution < -0.4 is 4.90 Å². The quantitative estimate of drug-likeness (QED) is 0.752. The summed E-state index contributed by atoms with van der Waals surface area (Å²) in [7, 11) is 0. The third-order valence-electron chi connectivity index (χ3n) is 3.01. The lowest BCUT2D eigenvalue weighted by molar-refractivity contribution is 0.444. The van der Waals surface area contributed by atoms with Crippen LogP contribution in [0.5, 0.6) is 0 Å². The maximum absolute atomic E-state index is 6.00. The summed E-state index contributed by atoms with van der Waals surface area (Å²) in [6.07, 6.45) is 2.55. The van der Waals surface area contributed by atoms with Crippen LogP contribution in [0.4, 0.5) is 5.82 Å². The van der Waals surface area contributed by atoms with Crippen molar-refractivity contribution >= 4 is 29.0 Å². The number of alkyl halides is 1. The first-order valence-electron chi connectivity index (χ1n) is 5.67. The number of pyridine rings is 1. The Morgan fingerprint density at radius 3 is 3.00 bits per heavy atom. The normalized spacial score (nSPS) is 21.2. The minimum atomic E-state index is 0.371. The second-order valence-corrected chi connectivity index (χ2v) is 5.10. The Morgan fingerprint density at radius 2 is 2.31 bits per heavy atom. The second-order valence-electron chi connectivity index (χ2n) is 4.43. The molecule has 0 amide bonds. The van der Waals surface area contributed by atoms with Gasteiger partial charge in [0.15, 0.2) is 0 Å². The fourth-order valence-corrected chi connectivity index (χ4v) is 2.58. The molecular formula is C12H16Cl2N2.